The van der Waals surface area contributed by atoms with E-state index in [1.165, 1.54) is 0 Å². The lowest BCUT2D eigenvalue weighted by Crippen LogP contribution is -2.53. The Balaban J connectivity index is 1.64. The molecule has 1 N–H and O–H groups in total. The van der Waals surface area contributed by atoms with Crippen molar-refractivity contribution in [2.24, 2.45) is 0 Å². The zero-order valence-corrected chi connectivity index (χ0v) is 25.2. The van der Waals surface area contributed by atoms with Crippen LogP contribution < -0.4 is 10.1 Å². The van der Waals surface area contributed by atoms with Crippen molar-refractivity contribution >= 4 is 54.4 Å². The molecule has 4 rings (SSSR count). The van der Waals surface area contributed by atoms with Gasteiger partial charge in [-0.2, -0.15) is 0 Å². The van der Waals surface area contributed by atoms with Gasteiger partial charge in [-0.05, 0) is 69.4 Å². The molecule has 0 saturated carbocycles. The molecule has 202 valence electrons. The van der Waals surface area contributed by atoms with Crippen molar-refractivity contribution in [3.05, 3.63) is 111 Å². The predicted molar refractivity (Wildman–Crippen MR) is 164 cm³/mol. The maximum atomic E-state index is 13.9. The Bertz CT molecular complexity index is 1410. The summed E-state index contributed by atoms with van der Waals surface area (Å²) in [5.74, 6) is 0.137. The van der Waals surface area contributed by atoms with Crippen LogP contribution in [0.25, 0.3) is 10.8 Å². The van der Waals surface area contributed by atoms with Gasteiger partial charge in [-0.3, -0.25) is 9.59 Å². The number of carbonyl (C=O) groups excluding carboxylic acids is 2. The zero-order chi connectivity index (χ0) is 27.8. The molecule has 5 nitrogen and oxygen atoms in total. The molecule has 0 heterocycles. The average Bonchev–Trinajstić information content (AvgIpc) is 2.96. The Kier molecular flexibility index (Phi) is 10.2. The second-order valence-corrected chi connectivity index (χ2v) is 11.3. The number of halogens is 2. The fourth-order valence-electron chi connectivity index (χ4n) is 4.33. The number of benzene rings is 4. The largest absolute Gasteiger partial charge is 0.483 e. The van der Waals surface area contributed by atoms with Crippen LogP contribution in [0, 0.1) is 0 Å². The molecule has 4 aromatic carbocycles. The summed E-state index contributed by atoms with van der Waals surface area (Å²) in [6.07, 6.45) is 1.19. The molecular formula is C32H32Br2N2O3. The first kappa shape index (κ1) is 28.8. The number of hydrogen-bond acceptors (Lipinski definition) is 3. The maximum Gasteiger partial charge on any atom is 0.261 e. The number of ether oxygens (including phenoxy) is 1. The Morgan fingerprint density at radius 3 is 2.28 bits per heavy atom. The summed E-state index contributed by atoms with van der Waals surface area (Å²) in [6.45, 7) is 4.07. The van der Waals surface area contributed by atoms with Crippen molar-refractivity contribution in [1.82, 2.24) is 10.2 Å². The summed E-state index contributed by atoms with van der Waals surface area (Å²) in [7, 11) is 0. The third-order valence-corrected chi connectivity index (χ3v) is 8.06. The number of fused-ring (bicyclic) bond motifs is 1. The SMILES string of the molecule is CC[C@H](C)NC(=O)[C@@H](Cc1ccccc1)N(Cc1ccc(Br)cc1)C(=O)COc1ccc2ccccc2c1Br. The third-order valence-electron chi connectivity index (χ3n) is 6.72. The molecule has 0 aliphatic carbocycles. The molecule has 0 radical (unpaired) electrons. The van der Waals surface area contributed by atoms with Crippen molar-refractivity contribution in [2.45, 2.75) is 45.3 Å². The third kappa shape index (κ3) is 7.70. The Morgan fingerprint density at radius 2 is 1.56 bits per heavy atom. The van der Waals surface area contributed by atoms with Crippen LogP contribution in [0.4, 0.5) is 0 Å². The fourth-order valence-corrected chi connectivity index (χ4v) is 5.20. The second kappa shape index (κ2) is 13.8. The van der Waals surface area contributed by atoms with Gasteiger partial charge >= 0.3 is 0 Å². The first-order chi connectivity index (χ1) is 18.9. The van der Waals surface area contributed by atoms with E-state index in [9.17, 15) is 9.59 Å². The van der Waals surface area contributed by atoms with Gasteiger partial charge in [-0.15, -0.1) is 0 Å². The predicted octanol–water partition coefficient (Wildman–Crippen LogP) is 7.30. The molecule has 0 aromatic heterocycles. The highest BCUT2D eigenvalue weighted by molar-refractivity contribution is 9.11. The van der Waals surface area contributed by atoms with E-state index in [1.807, 2.05) is 105 Å². The highest BCUT2D eigenvalue weighted by atomic mass is 79.9. The molecule has 0 bridgehead atoms. The smallest absolute Gasteiger partial charge is 0.261 e. The normalized spacial score (nSPS) is 12.5. The minimum atomic E-state index is -0.707. The van der Waals surface area contributed by atoms with Crippen molar-refractivity contribution in [1.29, 1.82) is 0 Å². The fraction of sp³-hybridized carbons (Fsp3) is 0.250. The van der Waals surface area contributed by atoms with Gasteiger partial charge in [-0.25, -0.2) is 0 Å². The zero-order valence-electron chi connectivity index (χ0n) is 22.1. The van der Waals surface area contributed by atoms with E-state index in [0.717, 1.165) is 37.3 Å². The Labute approximate surface area is 246 Å². The topological polar surface area (TPSA) is 58.6 Å². The summed E-state index contributed by atoms with van der Waals surface area (Å²) in [4.78, 5) is 29.1. The lowest BCUT2D eigenvalue weighted by atomic mass is 10.0. The molecule has 0 fully saturated rings. The van der Waals surface area contributed by atoms with Gasteiger partial charge in [0.25, 0.3) is 5.91 Å². The van der Waals surface area contributed by atoms with Gasteiger partial charge in [0, 0.05) is 23.5 Å². The minimum Gasteiger partial charge on any atom is -0.483 e. The van der Waals surface area contributed by atoms with E-state index >= 15 is 0 Å². The van der Waals surface area contributed by atoms with Crippen LogP contribution in [0.15, 0.2) is 99.9 Å². The van der Waals surface area contributed by atoms with E-state index in [0.29, 0.717) is 12.2 Å². The number of amides is 2. The van der Waals surface area contributed by atoms with Crippen molar-refractivity contribution in [3.8, 4) is 5.75 Å². The van der Waals surface area contributed by atoms with Gasteiger partial charge in [0.1, 0.15) is 11.8 Å². The summed E-state index contributed by atoms with van der Waals surface area (Å²) < 4.78 is 7.79. The van der Waals surface area contributed by atoms with Crippen LogP contribution in [0.2, 0.25) is 0 Å². The number of nitrogens with zero attached hydrogens (tertiary/aromatic N) is 1. The van der Waals surface area contributed by atoms with Crippen molar-refractivity contribution in [2.75, 3.05) is 6.61 Å². The molecule has 0 saturated heterocycles. The van der Waals surface area contributed by atoms with Gasteiger partial charge in [0.15, 0.2) is 6.61 Å². The average molecular weight is 652 g/mol. The van der Waals surface area contributed by atoms with Crippen molar-refractivity contribution in [3.63, 3.8) is 0 Å². The van der Waals surface area contributed by atoms with E-state index < -0.39 is 6.04 Å². The van der Waals surface area contributed by atoms with Crippen LogP contribution in [0.5, 0.6) is 5.75 Å². The van der Waals surface area contributed by atoms with Crippen LogP contribution in [0.1, 0.15) is 31.4 Å². The number of nitrogens with one attached hydrogen (secondary N) is 1. The van der Waals surface area contributed by atoms with E-state index in [2.05, 4.69) is 37.2 Å². The monoisotopic (exact) mass is 650 g/mol. The van der Waals surface area contributed by atoms with E-state index in [-0.39, 0.29) is 31.0 Å². The molecule has 4 aromatic rings. The minimum absolute atomic E-state index is 0.00906. The van der Waals surface area contributed by atoms with Crippen LogP contribution in [-0.2, 0) is 22.6 Å². The second-order valence-electron chi connectivity index (χ2n) is 9.56. The first-order valence-electron chi connectivity index (χ1n) is 13.0. The summed E-state index contributed by atoms with van der Waals surface area (Å²) in [5.41, 5.74) is 1.90. The maximum absolute atomic E-state index is 13.9. The first-order valence-corrected chi connectivity index (χ1v) is 14.6. The van der Waals surface area contributed by atoms with Gasteiger partial charge in [0.05, 0.1) is 4.47 Å². The summed E-state index contributed by atoms with van der Waals surface area (Å²) in [6, 6.07) is 28.7. The quantitative estimate of drug-likeness (QED) is 0.185. The van der Waals surface area contributed by atoms with E-state index in [1.54, 1.807) is 4.90 Å². The van der Waals surface area contributed by atoms with Crippen molar-refractivity contribution < 1.29 is 14.3 Å². The van der Waals surface area contributed by atoms with Crippen LogP contribution >= 0.6 is 31.9 Å². The molecule has 7 heteroatoms. The molecule has 2 atom stereocenters. The standard InChI is InChI=1S/C32H32Br2N2O3/c1-3-22(2)35-32(38)28(19-23-9-5-4-6-10-23)36(20-24-13-16-26(33)17-14-24)30(37)21-39-29-18-15-25-11-7-8-12-27(25)31(29)34/h4-18,22,28H,3,19-21H2,1-2H3,(H,35,38)/t22-,28+/m0/s1. The van der Waals surface area contributed by atoms with Crippen LogP contribution in [-0.4, -0.2) is 35.4 Å². The number of rotatable bonds is 11. The van der Waals surface area contributed by atoms with Crippen LogP contribution in [0.3, 0.4) is 0 Å². The summed E-state index contributed by atoms with van der Waals surface area (Å²) in [5, 5.41) is 5.17. The molecule has 0 aliphatic heterocycles. The van der Waals surface area contributed by atoms with E-state index in [4.69, 9.17) is 4.74 Å². The highest BCUT2D eigenvalue weighted by Crippen LogP contribution is 2.33. The molecular weight excluding hydrogens is 620 g/mol. The summed E-state index contributed by atoms with van der Waals surface area (Å²) >= 11 is 7.12. The van der Waals surface area contributed by atoms with Gasteiger partial charge in [-0.1, -0.05) is 95.7 Å². The highest BCUT2D eigenvalue weighted by Gasteiger charge is 2.31. The molecule has 0 aliphatic rings. The Hall–Kier alpha value is -3.16. The van der Waals surface area contributed by atoms with Gasteiger partial charge < -0.3 is 15.0 Å². The Morgan fingerprint density at radius 1 is 0.872 bits per heavy atom. The molecule has 0 spiro atoms. The molecule has 2 amide bonds. The molecule has 0 unspecified atom stereocenters. The number of hydrogen-bond donors (Lipinski definition) is 1. The van der Waals surface area contributed by atoms with Gasteiger partial charge in [0.2, 0.25) is 5.91 Å². The lowest BCUT2D eigenvalue weighted by Gasteiger charge is -2.32. The molecule has 39 heavy (non-hydrogen) atoms. The number of carbonyl (C=O) groups is 2. The lowest BCUT2D eigenvalue weighted by molar-refractivity contribution is -0.143.